The number of rotatable bonds is 9. The lowest BCUT2D eigenvalue weighted by Crippen LogP contribution is -2.29. The first kappa shape index (κ1) is 26.5. The molecule has 0 aliphatic heterocycles. The van der Waals surface area contributed by atoms with Gasteiger partial charge >= 0.3 is 0 Å². The zero-order chi connectivity index (χ0) is 25.8. The molecule has 0 bridgehead atoms. The number of sulfone groups is 1. The molecule has 1 aromatic heterocycles. The third-order valence-electron chi connectivity index (χ3n) is 5.08. The van der Waals surface area contributed by atoms with E-state index in [1.807, 2.05) is 6.07 Å². The Kier molecular flexibility index (Phi) is 8.39. The van der Waals surface area contributed by atoms with Gasteiger partial charge in [0, 0.05) is 13.7 Å². The predicted molar refractivity (Wildman–Crippen MR) is 126 cm³/mol. The molecule has 0 fully saturated rings. The highest BCUT2D eigenvalue weighted by Crippen LogP contribution is 2.33. The van der Waals surface area contributed by atoms with Crippen molar-refractivity contribution < 1.29 is 27.4 Å². The van der Waals surface area contributed by atoms with Gasteiger partial charge < -0.3 is 14.6 Å². The highest BCUT2D eigenvalue weighted by molar-refractivity contribution is 9.10. The molecule has 12 heteroatoms. The van der Waals surface area contributed by atoms with Gasteiger partial charge in [0.1, 0.15) is 18.2 Å². The van der Waals surface area contributed by atoms with Gasteiger partial charge in [0.2, 0.25) is 15.7 Å². The second-order valence-electron chi connectivity index (χ2n) is 7.28. The summed E-state index contributed by atoms with van der Waals surface area (Å²) in [6.45, 7) is 1.68. The van der Waals surface area contributed by atoms with Gasteiger partial charge in [-0.15, -0.1) is 0 Å². The van der Waals surface area contributed by atoms with Gasteiger partial charge in [-0.05, 0) is 58.7 Å². The Balaban J connectivity index is 2.33. The number of nitrogens with zero attached hydrogens (tertiary/aromatic N) is 3. The molecule has 1 unspecified atom stereocenters. The second kappa shape index (κ2) is 11.1. The molecule has 184 valence electrons. The van der Waals surface area contributed by atoms with Crippen molar-refractivity contribution in [1.29, 1.82) is 5.26 Å². The van der Waals surface area contributed by atoms with Crippen molar-refractivity contribution in [3.63, 3.8) is 0 Å². The average molecular weight is 566 g/mol. The van der Waals surface area contributed by atoms with Gasteiger partial charge in [-0.1, -0.05) is 12.1 Å². The molecular weight excluding hydrogens is 545 g/mol. The van der Waals surface area contributed by atoms with Crippen molar-refractivity contribution in [3.8, 4) is 11.9 Å². The van der Waals surface area contributed by atoms with Crippen molar-refractivity contribution in [2.75, 3.05) is 20.3 Å². The van der Waals surface area contributed by atoms with Crippen LogP contribution in [-0.2, 0) is 25.9 Å². The average Bonchev–Trinajstić information content (AvgIpc) is 2.83. The molecule has 1 atom stereocenters. The number of methoxy groups -OCH3 is 1. The zero-order valence-electron chi connectivity index (χ0n) is 18.7. The Morgan fingerprint density at radius 3 is 2.66 bits per heavy atom. The van der Waals surface area contributed by atoms with Crippen LogP contribution in [0.2, 0.25) is 0 Å². The quantitative estimate of drug-likeness (QED) is 0.418. The summed E-state index contributed by atoms with van der Waals surface area (Å²) in [5, 5.41) is 20.5. The number of hydrogen-bond acceptors (Lipinski definition) is 8. The fourth-order valence-corrected chi connectivity index (χ4v) is 5.06. The third kappa shape index (κ3) is 5.43. The molecule has 1 N–H and O–H groups in total. The molecular formula is C23H21BrFN3O6S. The lowest BCUT2D eigenvalue weighted by Gasteiger charge is -2.25. The number of halogens is 2. The first-order chi connectivity index (χ1) is 16.6. The maximum Gasteiger partial charge on any atom is 0.296 e. The number of aromatic nitrogens is 2. The van der Waals surface area contributed by atoms with Crippen molar-refractivity contribution in [2.45, 2.75) is 29.4 Å². The minimum atomic E-state index is -4.68. The van der Waals surface area contributed by atoms with Crippen molar-refractivity contribution >= 4 is 25.8 Å². The summed E-state index contributed by atoms with van der Waals surface area (Å²) < 4.78 is 52.6. The summed E-state index contributed by atoms with van der Waals surface area (Å²) in [6, 6.07) is 10.5. The van der Waals surface area contributed by atoms with Gasteiger partial charge in [-0.25, -0.2) is 12.8 Å². The van der Waals surface area contributed by atoms with E-state index < -0.39 is 42.9 Å². The van der Waals surface area contributed by atoms with Crippen LogP contribution in [0.5, 0.6) is 5.88 Å². The number of aromatic hydroxyl groups is 1. The van der Waals surface area contributed by atoms with Crippen molar-refractivity contribution in [3.05, 3.63) is 80.1 Å². The molecule has 0 aliphatic carbocycles. The van der Waals surface area contributed by atoms with Crippen LogP contribution >= 0.6 is 15.9 Å². The molecule has 0 radical (unpaired) electrons. The van der Waals surface area contributed by atoms with Crippen molar-refractivity contribution in [1.82, 2.24) is 9.55 Å². The fourth-order valence-electron chi connectivity index (χ4n) is 3.46. The summed E-state index contributed by atoms with van der Waals surface area (Å²) in [5.74, 6) is -1.83. The van der Waals surface area contributed by atoms with Gasteiger partial charge in [0.15, 0.2) is 4.90 Å². The Bertz CT molecular complexity index is 1450. The van der Waals surface area contributed by atoms with E-state index in [0.717, 1.165) is 16.7 Å². The van der Waals surface area contributed by atoms with Crippen molar-refractivity contribution in [2.24, 2.45) is 0 Å². The van der Waals surface area contributed by atoms with E-state index in [-0.39, 0.29) is 30.1 Å². The number of hydrogen-bond donors (Lipinski definition) is 1. The van der Waals surface area contributed by atoms with Crippen LogP contribution in [0.25, 0.3) is 0 Å². The highest BCUT2D eigenvalue weighted by Gasteiger charge is 2.33. The Morgan fingerprint density at radius 1 is 1.29 bits per heavy atom. The largest absolute Gasteiger partial charge is 0.493 e. The number of nitriles is 1. The van der Waals surface area contributed by atoms with E-state index in [2.05, 4.69) is 20.9 Å². The minimum Gasteiger partial charge on any atom is -0.493 e. The normalized spacial score (nSPS) is 12.3. The SMILES string of the molecule is CCOCc1nc(=O)c(S(=O)(=O)c2ccc(Br)c(F)c2)c(O)n1C(COC)c1cccc(C#N)c1. The van der Waals surface area contributed by atoms with Crippen LogP contribution in [0.15, 0.2) is 61.5 Å². The van der Waals surface area contributed by atoms with E-state index in [0.29, 0.717) is 11.1 Å². The molecule has 1 heterocycles. The van der Waals surface area contributed by atoms with E-state index in [4.69, 9.17) is 9.47 Å². The summed E-state index contributed by atoms with van der Waals surface area (Å²) in [5.41, 5.74) is -0.414. The molecule has 2 aromatic carbocycles. The molecule has 0 saturated heterocycles. The lowest BCUT2D eigenvalue weighted by atomic mass is 10.0. The van der Waals surface area contributed by atoms with Gasteiger partial charge in [-0.3, -0.25) is 9.36 Å². The molecule has 3 aromatic rings. The topological polar surface area (TPSA) is 132 Å². The predicted octanol–water partition coefficient (Wildman–Crippen LogP) is 3.33. The van der Waals surface area contributed by atoms with Gasteiger partial charge in [-0.2, -0.15) is 10.2 Å². The smallest absolute Gasteiger partial charge is 0.296 e. The van der Waals surface area contributed by atoms with Crippen LogP contribution in [0.1, 0.15) is 29.9 Å². The maximum absolute atomic E-state index is 14.1. The maximum atomic E-state index is 14.1. The van der Waals surface area contributed by atoms with Crippen LogP contribution < -0.4 is 5.56 Å². The molecule has 0 saturated carbocycles. The highest BCUT2D eigenvalue weighted by atomic mass is 79.9. The van der Waals surface area contributed by atoms with Crippen LogP contribution in [0, 0.1) is 17.1 Å². The monoisotopic (exact) mass is 565 g/mol. The molecule has 0 aliphatic rings. The second-order valence-corrected chi connectivity index (χ2v) is 10.0. The summed E-state index contributed by atoms with van der Waals surface area (Å²) in [7, 11) is -3.28. The molecule has 35 heavy (non-hydrogen) atoms. The Hall–Kier alpha value is -3.11. The van der Waals surface area contributed by atoms with E-state index in [1.54, 1.807) is 31.2 Å². The fraction of sp³-hybridized carbons (Fsp3) is 0.261. The minimum absolute atomic E-state index is 0.0285. The van der Waals surface area contributed by atoms with E-state index in [9.17, 15) is 28.0 Å². The molecule has 0 amide bonds. The number of benzene rings is 2. The molecule has 9 nitrogen and oxygen atoms in total. The Labute approximate surface area is 209 Å². The van der Waals surface area contributed by atoms with Crippen LogP contribution in [0.4, 0.5) is 4.39 Å². The van der Waals surface area contributed by atoms with E-state index >= 15 is 0 Å². The Morgan fingerprint density at radius 2 is 2.03 bits per heavy atom. The van der Waals surface area contributed by atoms with Gasteiger partial charge in [0.25, 0.3) is 5.56 Å². The summed E-state index contributed by atoms with van der Waals surface area (Å²) in [6.07, 6.45) is 0. The van der Waals surface area contributed by atoms with Gasteiger partial charge in [0.05, 0.1) is 33.6 Å². The summed E-state index contributed by atoms with van der Waals surface area (Å²) in [4.78, 5) is 15.2. The van der Waals surface area contributed by atoms with Crippen LogP contribution in [0.3, 0.4) is 0 Å². The zero-order valence-corrected chi connectivity index (χ0v) is 21.1. The molecule has 0 spiro atoms. The van der Waals surface area contributed by atoms with Crippen LogP contribution in [-0.4, -0.2) is 43.4 Å². The first-order valence-electron chi connectivity index (χ1n) is 10.3. The first-order valence-corrected chi connectivity index (χ1v) is 12.5. The standard InChI is InChI=1S/C23H21BrFN3O6S/c1-3-34-13-20-27-22(29)21(35(31,32)16-7-8-17(24)18(25)10-16)23(30)28(20)19(12-33-2)15-6-4-5-14(9-15)11-26/h4-10,19,30H,3,12-13H2,1-2H3. The lowest BCUT2D eigenvalue weighted by molar-refractivity contribution is 0.114. The number of ether oxygens (including phenoxy) is 2. The third-order valence-corrected chi connectivity index (χ3v) is 7.49. The molecule has 3 rings (SSSR count). The van der Waals surface area contributed by atoms with E-state index in [1.165, 1.54) is 13.2 Å². The summed E-state index contributed by atoms with van der Waals surface area (Å²) >= 11 is 2.95.